The van der Waals surface area contributed by atoms with Crippen molar-refractivity contribution in [2.24, 2.45) is 11.8 Å². The molecule has 1 aromatic rings. The van der Waals surface area contributed by atoms with Crippen LogP contribution >= 0.6 is 23.8 Å². The van der Waals surface area contributed by atoms with Crippen LogP contribution in [-0.2, 0) is 4.79 Å². The van der Waals surface area contributed by atoms with Gasteiger partial charge in [0.25, 0.3) is 5.91 Å². The van der Waals surface area contributed by atoms with Crippen molar-refractivity contribution in [1.82, 2.24) is 16.2 Å². The van der Waals surface area contributed by atoms with Gasteiger partial charge in [-0.2, -0.15) is 0 Å². The zero-order chi connectivity index (χ0) is 20.3. The van der Waals surface area contributed by atoms with Crippen molar-refractivity contribution in [3.05, 3.63) is 28.8 Å². The highest BCUT2D eigenvalue weighted by atomic mass is 35.5. The summed E-state index contributed by atoms with van der Waals surface area (Å²) in [5, 5.41) is 4.17. The third kappa shape index (κ3) is 4.75. The van der Waals surface area contributed by atoms with E-state index in [1.165, 1.54) is 12.8 Å². The minimum absolute atomic E-state index is 0.0267. The van der Waals surface area contributed by atoms with E-state index in [-0.39, 0.29) is 11.8 Å². The van der Waals surface area contributed by atoms with Gasteiger partial charge < -0.3 is 10.2 Å². The molecule has 28 heavy (non-hydrogen) atoms. The van der Waals surface area contributed by atoms with Crippen LogP contribution in [0.15, 0.2) is 18.2 Å². The second-order valence-electron chi connectivity index (χ2n) is 7.74. The third-order valence-corrected chi connectivity index (χ3v) is 6.42. The number of hydrogen-bond donors (Lipinski definition) is 3. The Bertz CT molecular complexity index is 773. The number of anilines is 1. The summed E-state index contributed by atoms with van der Waals surface area (Å²) in [6, 6.07) is 5.22. The highest BCUT2D eigenvalue weighted by molar-refractivity contribution is 7.80. The minimum Gasteiger partial charge on any atom is -0.358 e. The molecule has 6 nitrogen and oxygen atoms in total. The molecule has 3 atom stereocenters. The lowest BCUT2D eigenvalue weighted by Crippen LogP contribution is -2.52. The van der Waals surface area contributed by atoms with Gasteiger partial charge in [0.05, 0.1) is 10.7 Å². The molecule has 1 saturated carbocycles. The number of amides is 2. The van der Waals surface area contributed by atoms with E-state index in [1.54, 1.807) is 23.1 Å². The Balaban J connectivity index is 1.57. The van der Waals surface area contributed by atoms with Crippen molar-refractivity contribution in [3.63, 3.8) is 0 Å². The van der Waals surface area contributed by atoms with Crippen molar-refractivity contribution in [1.29, 1.82) is 0 Å². The number of halogens is 1. The average Bonchev–Trinajstić information content (AvgIpc) is 3.09. The van der Waals surface area contributed by atoms with Gasteiger partial charge in [-0.05, 0) is 55.1 Å². The molecular formula is C20H27ClN4O2S. The molecule has 1 heterocycles. The van der Waals surface area contributed by atoms with E-state index in [0.29, 0.717) is 52.2 Å². The fraction of sp³-hybridized carbons (Fsp3) is 0.550. The SMILES string of the molecule is C[C@@H]1[C@H](C)CCC[C@H]1NC(=S)NNC(=O)c1ccc(Cl)c(N2CCCC2=O)c1. The molecule has 3 rings (SSSR count). The molecule has 152 valence electrons. The molecular weight excluding hydrogens is 396 g/mol. The number of carbonyl (C=O) groups excluding carboxylic acids is 2. The molecule has 0 aromatic heterocycles. The Kier molecular flexibility index (Phi) is 6.78. The molecule has 2 amide bonds. The fourth-order valence-electron chi connectivity index (χ4n) is 3.94. The number of hydrazine groups is 1. The number of carbonyl (C=O) groups is 2. The summed E-state index contributed by atoms with van der Waals surface area (Å²) in [6.45, 7) is 5.12. The van der Waals surface area contributed by atoms with Crippen molar-refractivity contribution in [2.45, 2.75) is 52.0 Å². The summed E-state index contributed by atoms with van der Waals surface area (Å²) in [5.74, 6) is 0.878. The Labute approximate surface area is 176 Å². The van der Waals surface area contributed by atoms with Crippen LogP contribution in [0.25, 0.3) is 0 Å². The van der Waals surface area contributed by atoms with E-state index >= 15 is 0 Å². The van der Waals surface area contributed by atoms with E-state index in [2.05, 4.69) is 30.0 Å². The van der Waals surface area contributed by atoms with Crippen LogP contribution in [0.1, 0.15) is 56.3 Å². The molecule has 1 aliphatic heterocycles. The van der Waals surface area contributed by atoms with Crippen LogP contribution in [0.2, 0.25) is 5.02 Å². The monoisotopic (exact) mass is 422 g/mol. The molecule has 0 unspecified atom stereocenters. The van der Waals surface area contributed by atoms with Gasteiger partial charge in [0.2, 0.25) is 5.91 Å². The van der Waals surface area contributed by atoms with Crippen LogP contribution in [0.5, 0.6) is 0 Å². The van der Waals surface area contributed by atoms with Gasteiger partial charge >= 0.3 is 0 Å². The first-order valence-corrected chi connectivity index (χ1v) is 10.6. The smallest absolute Gasteiger partial charge is 0.269 e. The third-order valence-electron chi connectivity index (χ3n) is 5.89. The summed E-state index contributed by atoms with van der Waals surface area (Å²) < 4.78 is 0. The van der Waals surface area contributed by atoms with Crippen molar-refractivity contribution in [3.8, 4) is 0 Å². The summed E-state index contributed by atoms with van der Waals surface area (Å²) in [7, 11) is 0. The summed E-state index contributed by atoms with van der Waals surface area (Å²) in [6.07, 6.45) is 4.80. The topological polar surface area (TPSA) is 73.5 Å². The Morgan fingerprint density at radius 1 is 1.21 bits per heavy atom. The Hall–Kier alpha value is -1.86. The summed E-state index contributed by atoms with van der Waals surface area (Å²) >= 11 is 11.6. The molecule has 3 N–H and O–H groups in total. The van der Waals surface area contributed by atoms with Gasteiger partial charge in [-0.25, -0.2) is 0 Å². The van der Waals surface area contributed by atoms with Crippen molar-refractivity contribution in [2.75, 3.05) is 11.4 Å². The number of hydrogen-bond acceptors (Lipinski definition) is 3. The maximum absolute atomic E-state index is 12.5. The average molecular weight is 423 g/mol. The predicted octanol–water partition coefficient (Wildman–Crippen LogP) is 3.40. The number of rotatable bonds is 3. The van der Waals surface area contributed by atoms with E-state index in [4.69, 9.17) is 23.8 Å². The quantitative estimate of drug-likeness (QED) is 0.514. The predicted molar refractivity (Wildman–Crippen MR) is 115 cm³/mol. The van der Waals surface area contributed by atoms with E-state index < -0.39 is 0 Å². The second kappa shape index (κ2) is 9.09. The van der Waals surface area contributed by atoms with Gasteiger partial charge in [0.15, 0.2) is 5.11 Å². The van der Waals surface area contributed by atoms with Crippen LogP contribution in [-0.4, -0.2) is 29.5 Å². The van der Waals surface area contributed by atoms with Gasteiger partial charge in [-0.3, -0.25) is 20.4 Å². The molecule has 0 spiro atoms. The molecule has 1 saturated heterocycles. The lowest BCUT2D eigenvalue weighted by Gasteiger charge is -2.35. The first kappa shape index (κ1) is 20.9. The lowest BCUT2D eigenvalue weighted by molar-refractivity contribution is -0.117. The Morgan fingerprint density at radius 3 is 2.71 bits per heavy atom. The van der Waals surface area contributed by atoms with Crippen molar-refractivity contribution >= 4 is 46.4 Å². The van der Waals surface area contributed by atoms with Crippen LogP contribution < -0.4 is 21.1 Å². The molecule has 2 aliphatic rings. The molecule has 0 radical (unpaired) electrons. The standard InChI is InChI=1S/C20H27ClN4O2S/c1-12-5-3-6-16(13(12)2)22-20(28)24-23-19(27)14-8-9-15(21)17(11-14)25-10-4-7-18(25)26/h8-9,11-13,16H,3-7,10H2,1-2H3,(H,23,27)(H2,22,24,28)/t12-,13-,16-/m1/s1. The summed E-state index contributed by atoms with van der Waals surface area (Å²) in [5.41, 5.74) is 6.39. The van der Waals surface area contributed by atoms with Crippen LogP contribution in [0.3, 0.4) is 0 Å². The minimum atomic E-state index is -0.334. The van der Waals surface area contributed by atoms with Gasteiger partial charge in [-0.15, -0.1) is 0 Å². The maximum atomic E-state index is 12.5. The molecule has 0 bridgehead atoms. The first-order chi connectivity index (χ1) is 13.4. The molecule has 1 aromatic carbocycles. The Morgan fingerprint density at radius 2 is 2.00 bits per heavy atom. The number of thiocarbonyl (C=S) groups is 1. The summed E-state index contributed by atoms with van der Waals surface area (Å²) in [4.78, 5) is 26.1. The van der Waals surface area contributed by atoms with Crippen LogP contribution in [0, 0.1) is 11.8 Å². The highest BCUT2D eigenvalue weighted by Crippen LogP contribution is 2.31. The number of benzene rings is 1. The molecule has 2 fully saturated rings. The largest absolute Gasteiger partial charge is 0.358 e. The fourth-order valence-corrected chi connectivity index (χ4v) is 4.36. The molecule has 1 aliphatic carbocycles. The van der Waals surface area contributed by atoms with E-state index in [0.717, 1.165) is 12.8 Å². The maximum Gasteiger partial charge on any atom is 0.269 e. The van der Waals surface area contributed by atoms with Gasteiger partial charge in [-0.1, -0.05) is 38.3 Å². The van der Waals surface area contributed by atoms with E-state index in [1.807, 2.05) is 0 Å². The first-order valence-electron chi connectivity index (χ1n) is 9.83. The highest BCUT2D eigenvalue weighted by Gasteiger charge is 2.27. The zero-order valence-electron chi connectivity index (χ0n) is 16.3. The van der Waals surface area contributed by atoms with Crippen LogP contribution in [0.4, 0.5) is 5.69 Å². The lowest BCUT2D eigenvalue weighted by atomic mass is 9.78. The van der Waals surface area contributed by atoms with Gasteiger partial charge in [0, 0.05) is 24.6 Å². The van der Waals surface area contributed by atoms with E-state index in [9.17, 15) is 9.59 Å². The normalized spacial score (nSPS) is 24.8. The zero-order valence-corrected chi connectivity index (χ0v) is 17.8. The number of nitrogens with zero attached hydrogens (tertiary/aromatic N) is 1. The number of nitrogens with one attached hydrogen (secondary N) is 3. The molecule has 8 heteroatoms. The van der Waals surface area contributed by atoms with Gasteiger partial charge in [0.1, 0.15) is 0 Å². The second-order valence-corrected chi connectivity index (χ2v) is 8.56. The van der Waals surface area contributed by atoms with Crippen molar-refractivity contribution < 1.29 is 9.59 Å².